The molecule has 0 bridgehead atoms. The number of hydrogen-bond acceptors (Lipinski definition) is 5. The molecule has 1 atom stereocenters. The van der Waals surface area contributed by atoms with Gasteiger partial charge in [-0.15, -0.1) is 0 Å². The minimum Gasteiger partial charge on any atom is -0.483 e. The molecule has 0 aromatic heterocycles. The van der Waals surface area contributed by atoms with E-state index in [0.29, 0.717) is 0 Å². The van der Waals surface area contributed by atoms with Gasteiger partial charge in [-0.2, -0.15) is 0 Å². The Hall–Kier alpha value is -1.86. The number of benzene rings is 1. The molecule has 0 aliphatic heterocycles. The lowest BCUT2D eigenvalue weighted by molar-refractivity contribution is -0.385. The highest BCUT2D eigenvalue weighted by molar-refractivity contribution is 6.32. The molecule has 0 amide bonds. The molecule has 7 nitrogen and oxygen atoms in total. The van der Waals surface area contributed by atoms with Crippen LogP contribution in [0.15, 0.2) is 18.2 Å². The smallest absolute Gasteiger partial charge is 0.324 e. The van der Waals surface area contributed by atoms with Crippen molar-refractivity contribution in [2.45, 2.75) is 6.04 Å². The normalized spacial score (nSPS) is 11.9. The van der Waals surface area contributed by atoms with E-state index < -0.39 is 23.5 Å². The Morgan fingerprint density at radius 3 is 2.82 bits per heavy atom. The van der Waals surface area contributed by atoms with Crippen molar-refractivity contribution in [3.63, 3.8) is 0 Å². The van der Waals surface area contributed by atoms with E-state index in [2.05, 4.69) is 0 Å². The van der Waals surface area contributed by atoms with Gasteiger partial charge in [-0.25, -0.2) is 0 Å². The van der Waals surface area contributed by atoms with Crippen LogP contribution < -0.4 is 10.5 Å². The lowest BCUT2D eigenvalue weighted by atomic mass is 10.3. The number of hydrogen-bond donors (Lipinski definition) is 2. The molecular formula is C9H9ClN2O5. The van der Waals surface area contributed by atoms with Gasteiger partial charge < -0.3 is 15.6 Å². The molecule has 0 aliphatic carbocycles. The van der Waals surface area contributed by atoms with Crippen LogP contribution in [0.4, 0.5) is 5.69 Å². The number of aliphatic carboxylic acids is 1. The number of nitro groups is 1. The molecule has 0 spiro atoms. The highest BCUT2D eigenvalue weighted by atomic mass is 35.5. The molecule has 0 saturated carbocycles. The van der Waals surface area contributed by atoms with Gasteiger partial charge in [0, 0.05) is 6.07 Å². The second kappa shape index (κ2) is 5.46. The van der Waals surface area contributed by atoms with E-state index >= 15 is 0 Å². The summed E-state index contributed by atoms with van der Waals surface area (Å²) in [6.45, 7) is -0.403. The summed E-state index contributed by atoms with van der Waals surface area (Å²) in [5, 5.41) is 19.2. The quantitative estimate of drug-likeness (QED) is 0.603. The van der Waals surface area contributed by atoms with Gasteiger partial charge in [0.15, 0.2) is 0 Å². The Morgan fingerprint density at radius 2 is 2.29 bits per heavy atom. The van der Waals surface area contributed by atoms with Crippen LogP contribution in [-0.2, 0) is 4.79 Å². The van der Waals surface area contributed by atoms with Gasteiger partial charge in [0.2, 0.25) is 5.75 Å². The molecule has 1 aromatic carbocycles. The third-order valence-corrected chi connectivity index (χ3v) is 2.16. The number of nitrogens with zero attached hydrogens (tertiary/aromatic N) is 1. The summed E-state index contributed by atoms with van der Waals surface area (Å²) in [5.74, 6) is -1.45. The Labute approximate surface area is 101 Å². The van der Waals surface area contributed by atoms with E-state index in [1.54, 1.807) is 0 Å². The van der Waals surface area contributed by atoms with E-state index in [1.165, 1.54) is 18.2 Å². The first-order valence-corrected chi connectivity index (χ1v) is 4.85. The fourth-order valence-corrected chi connectivity index (χ4v) is 1.25. The van der Waals surface area contributed by atoms with Gasteiger partial charge in [0.05, 0.1) is 9.95 Å². The second-order valence-electron chi connectivity index (χ2n) is 3.10. The Kier molecular flexibility index (Phi) is 4.24. The average Bonchev–Trinajstić information content (AvgIpc) is 2.26. The van der Waals surface area contributed by atoms with Crippen molar-refractivity contribution >= 4 is 23.3 Å². The first-order chi connectivity index (χ1) is 7.93. The van der Waals surface area contributed by atoms with Crippen molar-refractivity contribution in [1.29, 1.82) is 0 Å². The van der Waals surface area contributed by atoms with Crippen molar-refractivity contribution in [3.8, 4) is 5.75 Å². The maximum absolute atomic E-state index is 10.7. The van der Waals surface area contributed by atoms with Crippen LogP contribution in [0.5, 0.6) is 5.75 Å². The van der Waals surface area contributed by atoms with Crippen LogP contribution in [0.25, 0.3) is 0 Å². The van der Waals surface area contributed by atoms with Crippen molar-refractivity contribution in [2.75, 3.05) is 6.61 Å². The number of ether oxygens (including phenoxy) is 1. The molecule has 17 heavy (non-hydrogen) atoms. The standard InChI is InChI=1S/C9H9ClN2O5/c10-5-2-1-3-7(12(15)16)8(5)17-4-6(11)9(13)14/h1-3,6H,4,11H2,(H,13,14). The van der Waals surface area contributed by atoms with Crippen LogP contribution >= 0.6 is 11.6 Å². The highest BCUT2D eigenvalue weighted by Crippen LogP contribution is 2.34. The van der Waals surface area contributed by atoms with Crippen LogP contribution in [0, 0.1) is 10.1 Å². The lowest BCUT2D eigenvalue weighted by Crippen LogP contribution is -2.36. The fourth-order valence-electron chi connectivity index (χ4n) is 1.03. The van der Waals surface area contributed by atoms with Gasteiger partial charge in [-0.3, -0.25) is 14.9 Å². The topological polar surface area (TPSA) is 116 Å². The third-order valence-electron chi connectivity index (χ3n) is 1.87. The molecule has 0 heterocycles. The second-order valence-corrected chi connectivity index (χ2v) is 3.51. The molecule has 3 N–H and O–H groups in total. The van der Waals surface area contributed by atoms with E-state index in [0.717, 1.165) is 0 Å². The first kappa shape index (κ1) is 13.2. The van der Waals surface area contributed by atoms with Gasteiger partial charge in [0.1, 0.15) is 12.6 Å². The predicted molar refractivity (Wildman–Crippen MR) is 59.2 cm³/mol. The van der Waals surface area contributed by atoms with E-state index in [9.17, 15) is 14.9 Å². The number of nitro benzene ring substituents is 1. The largest absolute Gasteiger partial charge is 0.483 e. The SMILES string of the molecule is NC(COc1c(Cl)cccc1[N+](=O)[O-])C(=O)O. The van der Waals surface area contributed by atoms with Gasteiger partial charge in [-0.05, 0) is 6.07 Å². The van der Waals surface area contributed by atoms with Crippen molar-refractivity contribution in [1.82, 2.24) is 0 Å². The summed E-state index contributed by atoms with van der Waals surface area (Å²) in [6.07, 6.45) is 0. The van der Waals surface area contributed by atoms with Crippen molar-refractivity contribution < 1.29 is 19.6 Å². The number of rotatable bonds is 5. The van der Waals surface area contributed by atoms with Gasteiger partial charge in [-0.1, -0.05) is 17.7 Å². The van der Waals surface area contributed by atoms with Crippen LogP contribution in [0.1, 0.15) is 0 Å². The fraction of sp³-hybridized carbons (Fsp3) is 0.222. The summed E-state index contributed by atoms with van der Waals surface area (Å²) in [6, 6.07) is 2.72. The molecule has 1 rings (SSSR count). The zero-order chi connectivity index (χ0) is 13.0. The van der Waals surface area contributed by atoms with Crippen LogP contribution in [-0.4, -0.2) is 28.6 Å². The zero-order valence-corrected chi connectivity index (χ0v) is 9.26. The first-order valence-electron chi connectivity index (χ1n) is 4.47. The van der Waals surface area contributed by atoms with Gasteiger partial charge in [0.25, 0.3) is 0 Å². The molecule has 8 heteroatoms. The molecule has 1 aromatic rings. The highest BCUT2D eigenvalue weighted by Gasteiger charge is 2.20. The average molecular weight is 261 g/mol. The molecule has 0 radical (unpaired) electrons. The number of halogens is 1. The van der Waals surface area contributed by atoms with Gasteiger partial charge >= 0.3 is 11.7 Å². The molecule has 0 aliphatic rings. The maximum atomic E-state index is 10.7. The zero-order valence-electron chi connectivity index (χ0n) is 8.50. The Bertz CT molecular complexity index is 451. The number of nitrogens with two attached hydrogens (primary N) is 1. The summed E-state index contributed by atoms with van der Waals surface area (Å²) >= 11 is 5.72. The summed E-state index contributed by atoms with van der Waals surface area (Å²) in [4.78, 5) is 20.5. The number of carbonyl (C=O) groups is 1. The van der Waals surface area contributed by atoms with Crippen LogP contribution in [0.2, 0.25) is 5.02 Å². The Morgan fingerprint density at radius 1 is 1.65 bits per heavy atom. The Balaban J connectivity index is 2.90. The lowest BCUT2D eigenvalue weighted by Gasteiger charge is -2.10. The minimum absolute atomic E-state index is 0.0248. The van der Waals surface area contributed by atoms with Crippen molar-refractivity contribution in [2.24, 2.45) is 5.73 Å². The van der Waals surface area contributed by atoms with E-state index in [-0.39, 0.29) is 16.5 Å². The van der Waals surface area contributed by atoms with Crippen LogP contribution in [0.3, 0.4) is 0 Å². The molecule has 0 fully saturated rings. The summed E-state index contributed by atoms with van der Waals surface area (Å²) in [5.41, 5.74) is 4.87. The molecule has 92 valence electrons. The number of para-hydroxylation sites is 1. The number of carboxylic acid groups (broad SMARTS) is 1. The van der Waals surface area contributed by atoms with E-state index in [4.69, 9.17) is 27.2 Å². The molecule has 1 unspecified atom stereocenters. The molecular weight excluding hydrogens is 252 g/mol. The predicted octanol–water partition coefficient (Wildman–Crippen LogP) is 1.04. The monoisotopic (exact) mass is 260 g/mol. The summed E-state index contributed by atoms with van der Waals surface area (Å²) < 4.78 is 4.97. The molecule has 0 saturated heterocycles. The minimum atomic E-state index is -1.27. The van der Waals surface area contributed by atoms with Crippen molar-refractivity contribution in [3.05, 3.63) is 33.3 Å². The van der Waals surface area contributed by atoms with E-state index in [1.807, 2.05) is 0 Å². The number of carboxylic acids is 1. The third kappa shape index (κ3) is 3.30. The maximum Gasteiger partial charge on any atom is 0.324 e. The summed E-state index contributed by atoms with van der Waals surface area (Å²) in [7, 11) is 0.